The number of benzene rings is 2. The molecule has 20 heavy (non-hydrogen) atoms. The van der Waals surface area contributed by atoms with Gasteiger partial charge in [-0.3, -0.25) is 0 Å². The number of anilines is 2. The molecule has 3 nitrogen and oxygen atoms in total. The maximum atomic E-state index is 5.37. The second kappa shape index (κ2) is 6.33. The predicted octanol–water partition coefficient (Wildman–Crippen LogP) is 3.68. The summed E-state index contributed by atoms with van der Waals surface area (Å²) in [5.41, 5.74) is 4.71. The van der Waals surface area contributed by atoms with Crippen LogP contribution in [0.2, 0.25) is 0 Å². The highest BCUT2D eigenvalue weighted by molar-refractivity contribution is 5.58. The molecule has 0 bridgehead atoms. The lowest BCUT2D eigenvalue weighted by Gasteiger charge is -2.14. The second-order valence-electron chi connectivity index (χ2n) is 5.12. The SMILES string of the molecule is COc1ccc(C)cc1NCc1ccc(N(C)C)cc1. The number of nitrogens with zero attached hydrogens (tertiary/aromatic N) is 1. The molecule has 1 N–H and O–H groups in total. The zero-order valence-corrected chi connectivity index (χ0v) is 12.6. The first-order chi connectivity index (χ1) is 9.60. The molecule has 0 aliphatic heterocycles. The van der Waals surface area contributed by atoms with Gasteiger partial charge in [0.1, 0.15) is 5.75 Å². The van der Waals surface area contributed by atoms with Gasteiger partial charge in [0, 0.05) is 26.3 Å². The largest absolute Gasteiger partial charge is 0.495 e. The molecule has 0 spiro atoms. The van der Waals surface area contributed by atoms with Crippen LogP contribution in [0.3, 0.4) is 0 Å². The maximum Gasteiger partial charge on any atom is 0.141 e. The summed E-state index contributed by atoms with van der Waals surface area (Å²) >= 11 is 0. The average Bonchev–Trinajstić information content (AvgIpc) is 2.45. The Morgan fingerprint density at radius 2 is 1.75 bits per heavy atom. The van der Waals surface area contributed by atoms with Gasteiger partial charge in [-0.2, -0.15) is 0 Å². The summed E-state index contributed by atoms with van der Waals surface area (Å²) < 4.78 is 5.37. The molecule has 0 aliphatic rings. The van der Waals surface area contributed by atoms with Gasteiger partial charge < -0.3 is 15.0 Å². The zero-order valence-electron chi connectivity index (χ0n) is 12.6. The van der Waals surface area contributed by atoms with Crippen LogP contribution in [0.15, 0.2) is 42.5 Å². The van der Waals surface area contributed by atoms with Gasteiger partial charge in [0.2, 0.25) is 0 Å². The fraction of sp³-hybridized carbons (Fsp3) is 0.294. The Morgan fingerprint density at radius 1 is 1.05 bits per heavy atom. The minimum Gasteiger partial charge on any atom is -0.495 e. The van der Waals surface area contributed by atoms with Gasteiger partial charge in [-0.25, -0.2) is 0 Å². The van der Waals surface area contributed by atoms with Crippen molar-refractivity contribution < 1.29 is 4.74 Å². The van der Waals surface area contributed by atoms with E-state index in [1.165, 1.54) is 16.8 Å². The first-order valence-corrected chi connectivity index (χ1v) is 6.75. The molecule has 0 radical (unpaired) electrons. The van der Waals surface area contributed by atoms with Crippen LogP contribution in [0.25, 0.3) is 0 Å². The van der Waals surface area contributed by atoms with Gasteiger partial charge in [-0.15, -0.1) is 0 Å². The van der Waals surface area contributed by atoms with Crippen molar-refractivity contribution in [2.75, 3.05) is 31.4 Å². The minimum atomic E-state index is 0.785. The van der Waals surface area contributed by atoms with Gasteiger partial charge in [0.05, 0.1) is 12.8 Å². The van der Waals surface area contributed by atoms with E-state index >= 15 is 0 Å². The molecule has 0 atom stereocenters. The molecule has 0 saturated carbocycles. The molecule has 106 valence electrons. The molecule has 0 aliphatic carbocycles. The molecule has 2 aromatic carbocycles. The number of hydrogen-bond acceptors (Lipinski definition) is 3. The van der Waals surface area contributed by atoms with Crippen LogP contribution in [0, 0.1) is 6.92 Å². The molecule has 0 unspecified atom stereocenters. The molecule has 0 saturated heterocycles. The third-order valence-electron chi connectivity index (χ3n) is 3.29. The van der Waals surface area contributed by atoms with Crippen molar-refractivity contribution in [2.45, 2.75) is 13.5 Å². The number of aryl methyl sites for hydroxylation is 1. The fourth-order valence-electron chi connectivity index (χ4n) is 2.07. The Morgan fingerprint density at radius 3 is 2.35 bits per heavy atom. The zero-order chi connectivity index (χ0) is 14.5. The van der Waals surface area contributed by atoms with E-state index in [0.717, 1.165) is 18.0 Å². The van der Waals surface area contributed by atoms with E-state index < -0.39 is 0 Å². The highest BCUT2D eigenvalue weighted by atomic mass is 16.5. The molecule has 0 amide bonds. The van der Waals surface area contributed by atoms with E-state index in [0.29, 0.717) is 0 Å². The van der Waals surface area contributed by atoms with Crippen LogP contribution in [-0.2, 0) is 6.54 Å². The van der Waals surface area contributed by atoms with Gasteiger partial charge >= 0.3 is 0 Å². The highest BCUT2D eigenvalue weighted by Crippen LogP contribution is 2.25. The lowest BCUT2D eigenvalue weighted by molar-refractivity contribution is 0.416. The quantitative estimate of drug-likeness (QED) is 0.897. The van der Waals surface area contributed by atoms with Crippen LogP contribution in [0.1, 0.15) is 11.1 Å². The predicted molar refractivity (Wildman–Crippen MR) is 85.8 cm³/mol. The van der Waals surface area contributed by atoms with Crippen LogP contribution in [0.4, 0.5) is 11.4 Å². The van der Waals surface area contributed by atoms with Crippen molar-refractivity contribution in [2.24, 2.45) is 0 Å². The number of nitrogens with one attached hydrogen (secondary N) is 1. The van der Waals surface area contributed by atoms with Crippen molar-refractivity contribution in [3.05, 3.63) is 53.6 Å². The minimum absolute atomic E-state index is 0.785. The summed E-state index contributed by atoms with van der Waals surface area (Å²) in [7, 11) is 5.79. The highest BCUT2D eigenvalue weighted by Gasteiger charge is 2.03. The van der Waals surface area contributed by atoms with Crippen LogP contribution < -0.4 is 15.0 Å². The van der Waals surface area contributed by atoms with Crippen LogP contribution >= 0.6 is 0 Å². The van der Waals surface area contributed by atoms with Gasteiger partial charge in [0.25, 0.3) is 0 Å². The van der Waals surface area contributed by atoms with E-state index in [-0.39, 0.29) is 0 Å². The Labute approximate surface area is 121 Å². The van der Waals surface area contributed by atoms with E-state index in [1.807, 2.05) is 20.2 Å². The first kappa shape index (κ1) is 14.3. The number of ether oxygens (including phenoxy) is 1. The molecule has 0 heterocycles. The third-order valence-corrected chi connectivity index (χ3v) is 3.29. The molecule has 2 rings (SSSR count). The van der Waals surface area contributed by atoms with Crippen molar-refractivity contribution in [3.8, 4) is 5.75 Å². The molecule has 0 aromatic heterocycles. The Kier molecular flexibility index (Phi) is 4.51. The van der Waals surface area contributed by atoms with Gasteiger partial charge in [-0.1, -0.05) is 18.2 Å². The molecule has 0 fully saturated rings. The summed E-state index contributed by atoms with van der Waals surface area (Å²) in [6.45, 7) is 2.87. The average molecular weight is 270 g/mol. The van der Waals surface area contributed by atoms with E-state index in [1.54, 1.807) is 7.11 Å². The standard InChI is InChI=1S/C17H22N2O/c1-13-5-10-17(20-4)16(11-13)18-12-14-6-8-15(9-7-14)19(2)3/h5-11,18H,12H2,1-4H3. The normalized spacial score (nSPS) is 10.2. The Bertz CT molecular complexity index is 562. The lowest BCUT2D eigenvalue weighted by Crippen LogP contribution is -2.08. The van der Waals surface area contributed by atoms with Crippen LogP contribution in [0.5, 0.6) is 5.75 Å². The van der Waals surface area contributed by atoms with E-state index in [2.05, 4.69) is 53.5 Å². The summed E-state index contributed by atoms with van der Waals surface area (Å²) in [4.78, 5) is 2.10. The van der Waals surface area contributed by atoms with Crippen LogP contribution in [-0.4, -0.2) is 21.2 Å². The first-order valence-electron chi connectivity index (χ1n) is 6.75. The molecule has 2 aromatic rings. The number of methoxy groups -OCH3 is 1. The van der Waals surface area contributed by atoms with Crippen molar-refractivity contribution in [3.63, 3.8) is 0 Å². The summed E-state index contributed by atoms with van der Waals surface area (Å²) in [6.07, 6.45) is 0. The number of hydrogen-bond donors (Lipinski definition) is 1. The monoisotopic (exact) mass is 270 g/mol. The van der Waals surface area contributed by atoms with Crippen molar-refractivity contribution in [1.29, 1.82) is 0 Å². The summed E-state index contributed by atoms with van der Waals surface area (Å²) in [5.74, 6) is 0.875. The molecular formula is C17H22N2O. The summed E-state index contributed by atoms with van der Waals surface area (Å²) in [6, 6.07) is 14.7. The maximum absolute atomic E-state index is 5.37. The smallest absolute Gasteiger partial charge is 0.141 e. The summed E-state index contributed by atoms with van der Waals surface area (Å²) in [5, 5.41) is 3.43. The Hall–Kier alpha value is -2.16. The fourth-order valence-corrected chi connectivity index (χ4v) is 2.07. The molecular weight excluding hydrogens is 248 g/mol. The number of rotatable bonds is 5. The van der Waals surface area contributed by atoms with Gasteiger partial charge in [0.15, 0.2) is 0 Å². The second-order valence-corrected chi connectivity index (χ2v) is 5.12. The van der Waals surface area contributed by atoms with Crippen molar-refractivity contribution in [1.82, 2.24) is 0 Å². The Balaban J connectivity index is 2.06. The van der Waals surface area contributed by atoms with E-state index in [9.17, 15) is 0 Å². The molecule has 3 heteroatoms. The third kappa shape index (κ3) is 3.44. The topological polar surface area (TPSA) is 24.5 Å². The van der Waals surface area contributed by atoms with Gasteiger partial charge in [-0.05, 0) is 42.3 Å². The van der Waals surface area contributed by atoms with E-state index in [4.69, 9.17) is 4.74 Å². The lowest BCUT2D eigenvalue weighted by atomic mass is 10.1. The van der Waals surface area contributed by atoms with Crippen molar-refractivity contribution >= 4 is 11.4 Å².